The summed E-state index contributed by atoms with van der Waals surface area (Å²) >= 11 is 0. The predicted molar refractivity (Wildman–Crippen MR) is 130 cm³/mol. The minimum Gasteiger partial charge on any atom is -0.378 e. The minimum atomic E-state index is -1.01. The number of aliphatic hydroxyl groups is 1. The summed E-state index contributed by atoms with van der Waals surface area (Å²) in [7, 11) is 1.81. The first-order chi connectivity index (χ1) is 16.1. The van der Waals surface area contributed by atoms with Crippen LogP contribution in [0.25, 0.3) is 0 Å². The molecule has 1 aliphatic heterocycles. The highest BCUT2D eigenvalue weighted by atomic mass is 16.3. The molecule has 0 saturated carbocycles. The first-order valence-corrected chi connectivity index (χ1v) is 11.0. The van der Waals surface area contributed by atoms with E-state index in [1.165, 1.54) is 5.56 Å². The minimum absolute atomic E-state index is 0.145. The second kappa shape index (κ2) is 10.8. The molecule has 3 N–H and O–H groups in total. The maximum atomic E-state index is 11.9. The third-order valence-electron chi connectivity index (χ3n) is 5.19. The molecule has 0 fully saturated rings. The van der Waals surface area contributed by atoms with Crippen molar-refractivity contribution in [3.05, 3.63) is 77.4 Å². The van der Waals surface area contributed by atoms with Gasteiger partial charge in [0.15, 0.2) is 0 Å². The Labute approximate surface area is 199 Å². The number of amides is 2. The van der Waals surface area contributed by atoms with Crippen molar-refractivity contribution >= 4 is 17.6 Å². The number of pyridine rings is 1. The van der Waals surface area contributed by atoms with Crippen LogP contribution in [-0.2, 0) is 17.6 Å². The number of aryl methyl sites for hydroxylation is 1. The van der Waals surface area contributed by atoms with Gasteiger partial charge in [0.25, 0.3) is 0 Å². The van der Waals surface area contributed by atoms with Gasteiger partial charge in [0, 0.05) is 49.7 Å². The molecule has 8 heteroatoms. The van der Waals surface area contributed by atoms with Gasteiger partial charge >= 0.3 is 6.03 Å². The van der Waals surface area contributed by atoms with E-state index in [0.717, 1.165) is 46.3 Å². The molecule has 0 saturated heterocycles. The number of aromatic nitrogens is 3. The standard InChI is InChI=1S/C16H19NO2.C10H10N4O/c1-16(2,19)10-9-12-7-8-13-5-4-6-15(18)17(3)14(13)11-12;11-10(15)14-7-9(6-13-14)5-8-1-3-12-4-2-8/h7-8,11,19H,4-6H2,1-3H3;1-4,6-7H,5H2,(H2,11,15). The van der Waals surface area contributed by atoms with Crippen LogP contribution in [0, 0.1) is 11.8 Å². The van der Waals surface area contributed by atoms with Gasteiger partial charge in [0.2, 0.25) is 5.91 Å². The first-order valence-electron chi connectivity index (χ1n) is 11.0. The van der Waals surface area contributed by atoms with Crippen LogP contribution in [0.1, 0.15) is 48.9 Å². The highest BCUT2D eigenvalue weighted by molar-refractivity contribution is 5.94. The topological polar surface area (TPSA) is 114 Å². The lowest BCUT2D eigenvalue weighted by Crippen LogP contribution is -2.25. The Morgan fingerprint density at radius 3 is 2.56 bits per heavy atom. The Morgan fingerprint density at radius 1 is 1.18 bits per heavy atom. The molecule has 0 radical (unpaired) electrons. The van der Waals surface area contributed by atoms with Crippen molar-refractivity contribution in [1.29, 1.82) is 0 Å². The number of primary amides is 1. The van der Waals surface area contributed by atoms with E-state index in [4.69, 9.17) is 5.73 Å². The Morgan fingerprint density at radius 2 is 1.91 bits per heavy atom. The van der Waals surface area contributed by atoms with Gasteiger partial charge in [-0.1, -0.05) is 17.9 Å². The molecule has 0 atom stereocenters. The SMILES string of the molecule is CN1C(=O)CCCc2ccc(C#CC(C)(C)O)cc21.NC(=O)n1cc(Cc2ccncc2)cn1. The van der Waals surface area contributed by atoms with Crippen molar-refractivity contribution < 1.29 is 14.7 Å². The van der Waals surface area contributed by atoms with Crippen LogP contribution in [0.3, 0.4) is 0 Å². The van der Waals surface area contributed by atoms with Crippen LogP contribution in [0.5, 0.6) is 0 Å². The van der Waals surface area contributed by atoms with E-state index in [2.05, 4.69) is 21.9 Å². The Kier molecular flexibility index (Phi) is 7.82. The monoisotopic (exact) mass is 459 g/mol. The number of hydrogen-bond donors (Lipinski definition) is 2. The molecule has 0 aliphatic carbocycles. The number of carbonyl (C=O) groups excluding carboxylic acids is 2. The van der Waals surface area contributed by atoms with E-state index in [0.29, 0.717) is 6.42 Å². The lowest BCUT2D eigenvalue weighted by atomic mass is 10.0. The molecule has 176 valence electrons. The average molecular weight is 460 g/mol. The molecule has 34 heavy (non-hydrogen) atoms. The predicted octanol–water partition coefficient (Wildman–Crippen LogP) is 2.90. The fourth-order valence-corrected chi connectivity index (χ4v) is 3.43. The number of rotatable bonds is 2. The molecular weight excluding hydrogens is 430 g/mol. The average Bonchev–Trinajstić information content (AvgIpc) is 3.22. The molecule has 0 bridgehead atoms. The largest absolute Gasteiger partial charge is 0.378 e. The lowest BCUT2D eigenvalue weighted by Gasteiger charge is -2.17. The fraction of sp³-hybridized carbons (Fsp3) is 0.308. The highest BCUT2D eigenvalue weighted by Gasteiger charge is 2.18. The zero-order valence-corrected chi connectivity index (χ0v) is 19.7. The van der Waals surface area contributed by atoms with Crippen LogP contribution in [0.15, 0.2) is 55.1 Å². The molecule has 4 rings (SSSR count). The highest BCUT2D eigenvalue weighted by Crippen LogP contribution is 2.27. The van der Waals surface area contributed by atoms with Gasteiger partial charge in [0.1, 0.15) is 5.60 Å². The molecule has 8 nitrogen and oxygen atoms in total. The molecular formula is C26H29N5O3. The summed E-state index contributed by atoms with van der Waals surface area (Å²) < 4.78 is 1.12. The maximum Gasteiger partial charge on any atom is 0.339 e. The molecule has 2 amide bonds. The summed E-state index contributed by atoms with van der Waals surface area (Å²) in [6.07, 6.45) is 9.84. The smallest absolute Gasteiger partial charge is 0.339 e. The Bertz CT molecular complexity index is 1220. The van der Waals surface area contributed by atoms with Gasteiger partial charge in [-0.3, -0.25) is 9.78 Å². The Balaban J connectivity index is 0.000000196. The molecule has 3 heterocycles. The lowest BCUT2D eigenvalue weighted by molar-refractivity contribution is -0.118. The summed E-state index contributed by atoms with van der Waals surface area (Å²) in [5.41, 5.74) is 9.07. The van der Waals surface area contributed by atoms with Crippen LogP contribution in [-0.4, -0.2) is 44.5 Å². The van der Waals surface area contributed by atoms with Gasteiger partial charge in [0.05, 0.1) is 6.20 Å². The van der Waals surface area contributed by atoms with E-state index >= 15 is 0 Å². The number of fused-ring (bicyclic) bond motifs is 1. The van der Waals surface area contributed by atoms with Gasteiger partial charge in [-0.15, -0.1) is 0 Å². The molecule has 1 aromatic carbocycles. The van der Waals surface area contributed by atoms with E-state index < -0.39 is 11.6 Å². The van der Waals surface area contributed by atoms with Gasteiger partial charge in [-0.2, -0.15) is 9.78 Å². The molecule has 2 aromatic heterocycles. The molecule has 1 aliphatic rings. The van der Waals surface area contributed by atoms with Crippen molar-refractivity contribution in [2.75, 3.05) is 11.9 Å². The van der Waals surface area contributed by atoms with Crippen LogP contribution < -0.4 is 10.6 Å². The van der Waals surface area contributed by atoms with Crippen molar-refractivity contribution in [1.82, 2.24) is 14.8 Å². The normalized spacial score (nSPS) is 13.1. The fourth-order valence-electron chi connectivity index (χ4n) is 3.43. The van der Waals surface area contributed by atoms with E-state index in [-0.39, 0.29) is 5.91 Å². The van der Waals surface area contributed by atoms with Gasteiger partial charge < -0.3 is 15.7 Å². The van der Waals surface area contributed by atoms with Crippen molar-refractivity contribution in [2.45, 2.75) is 45.1 Å². The van der Waals surface area contributed by atoms with Crippen molar-refractivity contribution in [2.24, 2.45) is 5.73 Å². The third kappa shape index (κ3) is 7.02. The number of anilines is 1. The zero-order valence-electron chi connectivity index (χ0n) is 19.7. The Hall–Kier alpha value is -3.96. The second-order valence-corrected chi connectivity index (χ2v) is 8.62. The van der Waals surface area contributed by atoms with Crippen LogP contribution >= 0.6 is 0 Å². The summed E-state index contributed by atoms with van der Waals surface area (Å²) in [6.45, 7) is 3.30. The summed E-state index contributed by atoms with van der Waals surface area (Å²) in [5, 5.41) is 13.5. The van der Waals surface area contributed by atoms with Crippen LogP contribution in [0.2, 0.25) is 0 Å². The molecule has 0 spiro atoms. The molecule has 0 unspecified atom stereocenters. The number of benzene rings is 1. The van der Waals surface area contributed by atoms with Gasteiger partial charge in [-0.05, 0) is 67.6 Å². The number of hydrogen-bond acceptors (Lipinski definition) is 5. The number of nitrogens with zero attached hydrogens (tertiary/aromatic N) is 4. The van der Waals surface area contributed by atoms with Crippen molar-refractivity contribution in [3.63, 3.8) is 0 Å². The summed E-state index contributed by atoms with van der Waals surface area (Å²) in [6, 6.07) is 9.16. The van der Waals surface area contributed by atoms with E-state index in [9.17, 15) is 14.7 Å². The summed E-state index contributed by atoms with van der Waals surface area (Å²) in [4.78, 5) is 28.3. The number of nitrogens with two attached hydrogens (primary N) is 1. The van der Waals surface area contributed by atoms with Crippen molar-refractivity contribution in [3.8, 4) is 11.8 Å². The zero-order chi connectivity index (χ0) is 24.7. The van der Waals surface area contributed by atoms with Crippen LogP contribution in [0.4, 0.5) is 10.5 Å². The number of carbonyl (C=O) groups is 2. The third-order valence-corrected chi connectivity index (χ3v) is 5.19. The maximum absolute atomic E-state index is 11.9. The summed E-state index contributed by atoms with van der Waals surface area (Å²) in [5.74, 6) is 5.89. The quantitative estimate of drug-likeness (QED) is 0.572. The van der Waals surface area contributed by atoms with E-state index in [1.807, 2.05) is 30.3 Å². The first kappa shape index (κ1) is 24.7. The van der Waals surface area contributed by atoms with Gasteiger partial charge in [-0.25, -0.2) is 4.79 Å². The second-order valence-electron chi connectivity index (χ2n) is 8.62. The van der Waals surface area contributed by atoms with E-state index in [1.54, 1.807) is 50.6 Å². The molecule has 3 aromatic rings.